The number of aromatic nitrogens is 4. The fraction of sp³-hybridized carbons (Fsp3) is 0.364. The molecule has 15 heteroatoms. The summed E-state index contributed by atoms with van der Waals surface area (Å²) in [5.41, 5.74) is 6.43. The summed E-state index contributed by atoms with van der Waals surface area (Å²) in [4.78, 5) is 46.6. The van der Waals surface area contributed by atoms with E-state index in [9.17, 15) is 9.59 Å². The van der Waals surface area contributed by atoms with Crippen LogP contribution in [0.5, 0.6) is 0 Å². The number of carbonyl (C=O) groups excluding carboxylic acids is 2. The average Bonchev–Trinajstić information content (AvgIpc) is 3.34. The molecule has 2 amide bonds. The Bertz CT molecular complexity index is 1250. The zero-order valence-electron chi connectivity index (χ0n) is 20.5. The van der Waals surface area contributed by atoms with Gasteiger partial charge in [-0.2, -0.15) is 15.0 Å². The monoisotopic (exact) mass is 546 g/mol. The number of thiazole rings is 1. The molecule has 0 atom stereocenters. The van der Waals surface area contributed by atoms with Crippen LogP contribution in [0.1, 0.15) is 22.2 Å². The Labute approximate surface area is 222 Å². The van der Waals surface area contributed by atoms with Crippen LogP contribution in [-0.2, 0) is 4.74 Å². The number of rotatable bonds is 8. The number of likely N-dealkylation sites (N-methyl/N-ethyl adjacent to an activating group) is 1. The van der Waals surface area contributed by atoms with Crippen molar-refractivity contribution in [2.24, 2.45) is 0 Å². The van der Waals surface area contributed by atoms with Crippen molar-refractivity contribution in [3.05, 3.63) is 39.9 Å². The Morgan fingerprint density at radius 3 is 2.62 bits per heavy atom. The number of benzene rings is 1. The van der Waals surface area contributed by atoms with Crippen molar-refractivity contribution in [2.45, 2.75) is 13.8 Å². The summed E-state index contributed by atoms with van der Waals surface area (Å²) in [6, 6.07) is 5.39. The van der Waals surface area contributed by atoms with Crippen LogP contribution >= 0.6 is 22.9 Å². The van der Waals surface area contributed by atoms with E-state index < -0.39 is 6.09 Å². The number of halogens is 1. The minimum absolute atomic E-state index is 0.114. The van der Waals surface area contributed by atoms with Gasteiger partial charge in [-0.15, -0.1) is 0 Å². The van der Waals surface area contributed by atoms with Crippen molar-refractivity contribution in [1.82, 2.24) is 30.3 Å². The zero-order chi connectivity index (χ0) is 26.4. The van der Waals surface area contributed by atoms with Crippen molar-refractivity contribution in [1.29, 1.82) is 0 Å². The van der Waals surface area contributed by atoms with E-state index in [1.807, 2.05) is 24.0 Å². The number of amides is 2. The van der Waals surface area contributed by atoms with E-state index in [0.29, 0.717) is 26.7 Å². The topological polar surface area (TPSA) is 150 Å². The van der Waals surface area contributed by atoms with Crippen LogP contribution in [0.25, 0.3) is 0 Å². The van der Waals surface area contributed by atoms with Gasteiger partial charge in [0.15, 0.2) is 5.13 Å². The third-order valence-corrected chi connectivity index (χ3v) is 6.60. The molecule has 2 aromatic heterocycles. The van der Waals surface area contributed by atoms with Crippen LogP contribution < -0.4 is 26.4 Å². The van der Waals surface area contributed by atoms with E-state index in [1.165, 1.54) is 6.20 Å². The van der Waals surface area contributed by atoms with Crippen molar-refractivity contribution in [2.75, 3.05) is 60.8 Å². The number of nitrogens with one attached hydrogen (secondary N) is 4. The number of aryl methyl sites for hydroxylation is 1. The van der Waals surface area contributed by atoms with Gasteiger partial charge >= 0.3 is 6.09 Å². The Balaban J connectivity index is 1.51. The van der Waals surface area contributed by atoms with Crippen molar-refractivity contribution in [3.63, 3.8) is 0 Å². The fourth-order valence-electron chi connectivity index (χ4n) is 3.40. The van der Waals surface area contributed by atoms with Gasteiger partial charge in [0.2, 0.25) is 17.8 Å². The van der Waals surface area contributed by atoms with Gasteiger partial charge in [0.05, 0.1) is 23.5 Å². The maximum absolute atomic E-state index is 12.8. The molecule has 3 aromatic rings. The molecule has 0 radical (unpaired) electrons. The minimum Gasteiger partial charge on any atom is -0.449 e. The number of hydrazine groups is 1. The van der Waals surface area contributed by atoms with Gasteiger partial charge in [-0.25, -0.2) is 15.2 Å². The first-order valence-electron chi connectivity index (χ1n) is 11.5. The third-order valence-electron chi connectivity index (χ3n) is 5.37. The minimum atomic E-state index is -0.664. The molecular weight excluding hydrogens is 520 g/mol. The van der Waals surface area contributed by atoms with Crippen LogP contribution in [0.3, 0.4) is 0 Å². The quantitative estimate of drug-likeness (QED) is 0.308. The van der Waals surface area contributed by atoms with Crippen molar-refractivity contribution in [3.8, 4) is 0 Å². The van der Waals surface area contributed by atoms with E-state index in [-0.39, 0.29) is 24.4 Å². The largest absolute Gasteiger partial charge is 0.449 e. The highest BCUT2D eigenvalue weighted by atomic mass is 35.5. The number of hydrogen-bond acceptors (Lipinski definition) is 12. The standard InChI is InChI=1S/C22H27ClN10O3S/c1-4-36-22(35)31-30-19-26-18(27-20(28-19)33-10-8-32(3)9-11-33)29-21-24-12-15(37-21)17(34)25-16-13(2)6-5-7-14(16)23/h5-7,12H,4,8-11H2,1-3H3,(H,25,34)(H,31,35)(H2,24,26,27,28,29,30). The van der Waals surface area contributed by atoms with Crippen LogP contribution in [-0.4, -0.2) is 76.7 Å². The number of para-hydroxylation sites is 1. The summed E-state index contributed by atoms with van der Waals surface area (Å²) in [6.45, 7) is 6.96. The van der Waals surface area contributed by atoms with Crippen molar-refractivity contribution < 1.29 is 14.3 Å². The predicted octanol–water partition coefficient (Wildman–Crippen LogP) is 3.11. The molecule has 0 saturated carbocycles. The Kier molecular flexibility index (Phi) is 8.53. The number of hydrogen-bond donors (Lipinski definition) is 4. The molecule has 0 bridgehead atoms. The van der Waals surface area contributed by atoms with Gasteiger partial charge in [-0.3, -0.25) is 15.5 Å². The molecule has 1 aliphatic rings. The van der Waals surface area contributed by atoms with Crippen LogP contribution in [0.4, 0.5) is 33.5 Å². The lowest BCUT2D eigenvalue weighted by atomic mass is 10.2. The molecule has 37 heavy (non-hydrogen) atoms. The molecule has 0 aliphatic carbocycles. The van der Waals surface area contributed by atoms with Crippen LogP contribution in [0, 0.1) is 6.92 Å². The highest BCUT2D eigenvalue weighted by Gasteiger charge is 2.20. The van der Waals surface area contributed by atoms with E-state index in [1.54, 1.807) is 13.0 Å². The number of anilines is 5. The average molecular weight is 547 g/mol. The lowest BCUT2D eigenvalue weighted by Crippen LogP contribution is -2.45. The Morgan fingerprint density at radius 2 is 1.89 bits per heavy atom. The number of ether oxygens (including phenoxy) is 1. The first-order valence-corrected chi connectivity index (χ1v) is 12.7. The number of nitrogens with zero attached hydrogens (tertiary/aromatic N) is 6. The molecule has 196 valence electrons. The molecule has 13 nitrogen and oxygen atoms in total. The molecule has 1 saturated heterocycles. The lowest BCUT2D eigenvalue weighted by molar-refractivity contribution is 0.103. The molecular formula is C22H27ClN10O3S. The fourth-order valence-corrected chi connectivity index (χ4v) is 4.37. The number of carbonyl (C=O) groups is 2. The molecule has 1 fully saturated rings. The summed E-state index contributed by atoms with van der Waals surface area (Å²) in [5.74, 6) is 0.405. The first kappa shape index (κ1) is 26.3. The molecule has 1 aromatic carbocycles. The summed E-state index contributed by atoms with van der Waals surface area (Å²) in [6.07, 6.45) is 0.793. The van der Waals surface area contributed by atoms with Gasteiger partial charge in [0, 0.05) is 26.2 Å². The maximum atomic E-state index is 12.8. The Morgan fingerprint density at radius 1 is 1.14 bits per heavy atom. The number of piperazine rings is 1. The van der Waals surface area contributed by atoms with Gasteiger partial charge < -0.3 is 19.9 Å². The second-order valence-corrected chi connectivity index (χ2v) is 9.52. The van der Waals surface area contributed by atoms with E-state index in [4.69, 9.17) is 16.3 Å². The summed E-state index contributed by atoms with van der Waals surface area (Å²) >= 11 is 7.36. The molecule has 4 rings (SSSR count). The molecule has 1 aliphatic heterocycles. The highest BCUT2D eigenvalue weighted by molar-refractivity contribution is 7.17. The maximum Gasteiger partial charge on any atom is 0.426 e. The van der Waals surface area contributed by atoms with Gasteiger partial charge in [0.25, 0.3) is 5.91 Å². The second kappa shape index (κ2) is 12.0. The summed E-state index contributed by atoms with van der Waals surface area (Å²) < 4.78 is 4.86. The molecule has 0 spiro atoms. The normalized spacial score (nSPS) is 13.7. The van der Waals surface area contributed by atoms with Gasteiger partial charge in [-0.05, 0) is 32.5 Å². The third kappa shape index (κ3) is 6.93. The van der Waals surface area contributed by atoms with E-state index in [0.717, 1.165) is 43.1 Å². The lowest BCUT2D eigenvalue weighted by Gasteiger charge is -2.32. The van der Waals surface area contributed by atoms with Gasteiger partial charge in [0.1, 0.15) is 4.88 Å². The predicted molar refractivity (Wildman–Crippen MR) is 143 cm³/mol. The van der Waals surface area contributed by atoms with Crippen LogP contribution in [0.2, 0.25) is 5.02 Å². The summed E-state index contributed by atoms with van der Waals surface area (Å²) in [5, 5.41) is 6.71. The van der Waals surface area contributed by atoms with Crippen LogP contribution in [0.15, 0.2) is 24.4 Å². The van der Waals surface area contributed by atoms with Crippen molar-refractivity contribution >= 4 is 63.6 Å². The zero-order valence-corrected chi connectivity index (χ0v) is 22.1. The second-order valence-electron chi connectivity index (χ2n) is 8.08. The SMILES string of the molecule is CCOC(=O)NNc1nc(Nc2ncc(C(=O)Nc3c(C)cccc3Cl)s2)nc(N2CCN(C)CC2)n1. The van der Waals surface area contributed by atoms with Gasteiger partial charge in [-0.1, -0.05) is 35.1 Å². The molecule has 4 N–H and O–H groups in total. The smallest absolute Gasteiger partial charge is 0.426 e. The Hall–Kier alpha value is -3.75. The molecule has 0 unspecified atom stereocenters. The van der Waals surface area contributed by atoms with E-state index in [2.05, 4.69) is 53.4 Å². The van der Waals surface area contributed by atoms with E-state index >= 15 is 0 Å². The highest BCUT2D eigenvalue weighted by Crippen LogP contribution is 2.28. The first-order chi connectivity index (χ1) is 17.8. The summed E-state index contributed by atoms with van der Waals surface area (Å²) in [7, 11) is 2.05. The molecule has 3 heterocycles.